The van der Waals surface area contributed by atoms with Crippen LogP contribution in [0.15, 0.2) is 0 Å². The highest BCUT2D eigenvalue weighted by atomic mass is 32.2. The molecule has 0 aromatic heterocycles. The fourth-order valence-electron chi connectivity index (χ4n) is 2.73. The van der Waals surface area contributed by atoms with Crippen LogP contribution in [0.25, 0.3) is 0 Å². The van der Waals surface area contributed by atoms with Gasteiger partial charge in [0.2, 0.25) is 10.0 Å². The molecule has 5 heteroatoms. The molecule has 1 saturated heterocycles. The lowest BCUT2D eigenvalue weighted by Gasteiger charge is -2.32. The molecule has 2 fully saturated rings. The molecule has 0 aromatic rings. The first kappa shape index (κ1) is 12.3. The highest BCUT2D eigenvalue weighted by molar-refractivity contribution is 7.89. The van der Waals surface area contributed by atoms with Gasteiger partial charge in [-0.25, -0.2) is 8.42 Å². The van der Waals surface area contributed by atoms with E-state index in [1.165, 1.54) is 12.8 Å². The highest BCUT2D eigenvalue weighted by Crippen LogP contribution is 2.28. The van der Waals surface area contributed by atoms with E-state index in [0.29, 0.717) is 13.1 Å². The fraction of sp³-hybridized carbons (Fsp3) is 1.00. The van der Waals surface area contributed by atoms with Gasteiger partial charge in [-0.2, -0.15) is 4.31 Å². The molecule has 0 amide bonds. The van der Waals surface area contributed by atoms with Crippen LogP contribution in [0.4, 0.5) is 0 Å². The SMILES string of the molecule is CC1(C)CN(C2CCCC2)S(=O)(=O)CCN1. The maximum absolute atomic E-state index is 12.2. The average molecular weight is 246 g/mol. The normalized spacial score (nSPS) is 31.4. The van der Waals surface area contributed by atoms with Crippen molar-refractivity contribution in [1.29, 1.82) is 0 Å². The summed E-state index contributed by atoms with van der Waals surface area (Å²) in [6.07, 6.45) is 4.42. The Hall–Kier alpha value is -0.130. The van der Waals surface area contributed by atoms with Gasteiger partial charge >= 0.3 is 0 Å². The van der Waals surface area contributed by atoms with Gasteiger partial charge in [-0.15, -0.1) is 0 Å². The minimum atomic E-state index is -3.04. The molecular formula is C11H22N2O2S. The summed E-state index contributed by atoms with van der Waals surface area (Å²) in [4.78, 5) is 0. The molecule has 16 heavy (non-hydrogen) atoms. The smallest absolute Gasteiger partial charge is 0.215 e. The van der Waals surface area contributed by atoms with Crippen LogP contribution in [0, 0.1) is 0 Å². The fourth-order valence-corrected chi connectivity index (χ4v) is 4.51. The van der Waals surface area contributed by atoms with Crippen molar-refractivity contribution in [1.82, 2.24) is 9.62 Å². The molecular weight excluding hydrogens is 224 g/mol. The molecule has 0 atom stereocenters. The molecule has 0 radical (unpaired) electrons. The summed E-state index contributed by atoms with van der Waals surface area (Å²) in [7, 11) is -3.04. The van der Waals surface area contributed by atoms with Gasteiger partial charge in [0.05, 0.1) is 5.75 Å². The molecule has 2 aliphatic rings. The van der Waals surface area contributed by atoms with E-state index in [2.05, 4.69) is 19.2 Å². The first-order chi connectivity index (χ1) is 7.41. The zero-order valence-corrected chi connectivity index (χ0v) is 11.0. The average Bonchev–Trinajstić information content (AvgIpc) is 2.62. The summed E-state index contributed by atoms with van der Waals surface area (Å²) in [5.74, 6) is 0.243. The van der Waals surface area contributed by atoms with Crippen LogP contribution >= 0.6 is 0 Å². The second-order valence-corrected chi connectivity index (χ2v) is 7.65. The predicted molar refractivity (Wildman–Crippen MR) is 64.8 cm³/mol. The number of hydrogen-bond acceptors (Lipinski definition) is 3. The molecule has 1 aliphatic heterocycles. The second kappa shape index (κ2) is 4.27. The molecule has 1 saturated carbocycles. The zero-order chi connectivity index (χ0) is 11.8. The highest BCUT2D eigenvalue weighted by Gasteiger charge is 2.38. The lowest BCUT2D eigenvalue weighted by atomic mass is 10.1. The van der Waals surface area contributed by atoms with Crippen LogP contribution in [0.5, 0.6) is 0 Å². The molecule has 0 aromatic carbocycles. The molecule has 4 nitrogen and oxygen atoms in total. The molecule has 1 N–H and O–H groups in total. The molecule has 1 aliphatic carbocycles. The van der Waals surface area contributed by atoms with Gasteiger partial charge in [0.1, 0.15) is 0 Å². The summed E-state index contributed by atoms with van der Waals surface area (Å²) < 4.78 is 26.1. The number of nitrogens with zero attached hydrogens (tertiary/aromatic N) is 1. The van der Waals surface area contributed by atoms with Crippen LogP contribution < -0.4 is 5.32 Å². The Balaban J connectivity index is 2.22. The van der Waals surface area contributed by atoms with Gasteiger partial charge in [-0.1, -0.05) is 12.8 Å². The summed E-state index contributed by atoms with van der Waals surface area (Å²) in [6.45, 7) is 5.34. The lowest BCUT2D eigenvalue weighted by Crippen LogP contribution is -2.49. The Morgan fingerprint density at radius 1 is 1.25 bits per heavy atom. The maximum Gasteiger partial charge on any atom is 0.215 e. The first-order valence-electron chi connectivity index (χ1n) is 6.15. The van der Waals surface area contributed by atoms with E-state index in [1.54, 1.807) is 4.31 Å². The van der Waals surface area contributed by atoms with Crippen molar-refractivity contribution in [2.45, 2.75) is 51.1 Å². The van der Waals surface area contributed by atoms with Crippen molar-refractivity contribution in [2.75, 3.05) is 18.8 Å². The van der Waals surface area contributed by atoms with Gasteiger partial charge in [0.15, 0.2) is 0 Å². The van der Waals surface area contributed by atoms with Crippen LogP contribution in [-0.2, 0) is 10.0 Å². The first-order valence-corrected chi connectivity index (χ1v) is 7.76. The summed E-state index contributed by atoms with van der Waals surface area (Å²) in [6, 6.07) is 0.254. The minimum absolute atomic E-state index is 0.105. The van der Waals surface area contributed by atoms with E-state index in [1.807, 2.05) is 0 Å². The number of sulfonamides is 1. The Morgan fingerprint density at radius 2 is 1.88 bits per heavy atom. The van der Waals surface area contributed by atoms with E-state index in [-0.39, 0.29) is 17.3 Å². The maximum atomic E-state index is 12.2. The number of nitrogens with one attached hydrogen (secondary N) is 1. The van der Waals surface area contributed by atoms with Crippen LogP contribution in [0.3, 0.4) is 0 Å². The van der Waals surface area contributed by atoms with Gasteiger partial charge in [0.25, 0.3) is 0 Å². The molecule has 0 unspecified atom stereocenters. The second-order valence-electron chi connectivity index (χ2n) is 5.61. The van der Waals surface area contributed by atoms with Crippen molar-refractivity contribution < 1.29 is 8.42 Å². The van der Waals surface area contributed by atoms with Crippen molar-refractivity contribution in [3.8, 4) is 0 Å². The number of hydrogen-bond donors (Lipinski definition) is 1. The molecule has 2 rings (SSSR count). The Labute approximate surface area is 98.4 Å². The van der Waals surface area contributed by atoms with Crippen LogP contribution in [0.1, 0.15) is 39.5 Å². The van der Waals surface area contributed by atoms with Crippen LogP contribution in [-0.4, -0.2) is 43.1 Å². The molecule has 0 spiro atoms. The minimum Gasteiger partial charge on any atom is -0.309 e. The number of rotatable bonds is 1. The predicted octanol–water partition coefficient (Wildman–Crippen LogP) is 0.943. The Kier molecular flexibility index (Phi) is 3.29. The van der Waals surface area contributed by atoms with Gasteiger partial charge in [-0.05, 0) is 26.7 Å². The van der Waals surface area contributed by atoms with Gasteiger partial charge < -0.3 is 5.32 Å². The van der Waals surface area contributed by atoms with E-state index in [9.17, 15) is 8.42 Å². The van der Waals surface area contributed by atoms with Gasteiger partial charge in [-0.3, -0.25) is 0 Å². The summed E-state index contributed by atoms with van der Waals surface area (Å²) >= 11 is 0. The monoisotopic (exact) mass is 246 g/mol. The molecule has 94 valence electrons. The molecule has 0 bridgehead atoms. The van der Waals surface area contributed by atoms with Crippen molar-refractivity contribution in [3.63, 3.8) is 0 Å². The van der Waals surface area contributed by atoms with Crippen molar-refractivity contribution in [2.24, 2.45) is 0 Å². The Bertz CT molecular complexity index is 345. The van der Waals surface area contributed by atoms with Crippen molar-refractivity contribution >= 4 is 10.0 Å². The third-order valence-corrected chi connectivity index (χ3v) is 5.47. The van der Waals surface area contributed by atoms with E-state index in [0.717, 1.165) is 12.8 Å². The van der Waals surface area contributed by atoms with E-state index in [4.69, 9.17) is 0 Å². The van der Waals surface area contributed by atoms with E-state index >= 15 is 0 Å². The summed E-state index contributed by atoms with van der Waals surface area (Å²) in [5.41, 5.74) is -0.105. The van der Waals surface area contributed by atoms with Crippen molar-refractivity contribution in [3.05, 3.63) is 0 Å². The molecule has 1 heterocycles. The largest absolute Gasteiger partial charge is 0.309 e. The zero-order valence-electron chi connectivity index (χ0n) is 10.2. The third kappa shape index (κ3) is 2.57. The van der Waals surface area contributed by atoms with Gasteiger partial charge in [0, 0.05) is 24.7 Å². The topological polar surface area (TPSA) is 49.4 Å². The summed E-state index contributed by atoms with van der Waals surface area (Å²) in [5, 5.41) is 3.31. The third-order valence-electron chi connectivity index (χ3n) is 3.60. The standard InChI is InChI=1S/C11H22N2O2S/c1-11(2)9-13(10-5-3-4-6-10)16(14,15)8-7-12-11/h10,12H,3-9H2,1-2H3. The van der Waals surface area contributed by atoms with Crippen LogP contribution in [0.2, 0.25) is 0 Å². The lowest BCUT2D eigenvalue weighted by molar-refractivity contribution is 0.255. The quantitative estimate of drug-likeness (QED) is 0.749. The Morgan fingerprint density at radius 3 is 2.50 bits per heavy atom. The van der Waals surface area contributed by atoms with E-state index < -0.39 is 10.0 Å².